The number of aryl methyl sites for hydroxylation is 1. The third-order valence-electron chi connectivity index (χ3n) is 2.29. The van der Waals surface area contributed by atoms with Crippen molar-refractivity contribution in [3.63, 3.8) is 0 Å². The maximum atomic E-state index is 10.7. The molecule has 88 valence electrons. The average Bonchev–Trinajstić information content (AvgIpc) is 2.25. The van der Waals surface area contributed by atoms with Gasteiger partial charge in [0, 0.05) is 26.9 Å². The van der Waals surface area contributed by atoms with E-state index in [0.29, 0.717) is 6.61 Å². The van der Waals surface area contributed by atoms with Crippen LogP contribution in [0, 0.1) is 6.92 Å². The van der Waals surface area contributed by atoms with E-state index < -0.39 is 5.97 Å². The Labute approximate surface area is 94.7 Å². The van der Waals surface area contributed by atoms with Gasteiger partial charge >= 0.3 is 5.97 Å². The van der Waals surface area contributed by atoms with Crippen molar-refractivity contribution in [1.29, 1.82) is 0 Å². The van der Waals surface area contributed by atoms with E-state index in [-0.39, 0.29) is 5.56 Å². The van der Waals surface area contributed by atoms with Crippen molar-refractivity contribution < 1.29 is 14.6 Å². The van der Waals surface area contributed by atoms with Gasteiger partial charge < -0.3 is 14.7 Å². The van der Waals surface area contributed by atoms with Crippen molar-refractivity contribution in [2.24, 2.45) is 0 Å². The monoisotopic (exact) mass is 224 g/mol. The van der Waals surface area contributed by atoms with Crippen LogP contribution in [0.5, 0.6) is 0 Å². The van der Waals surface area contributed by atoms with E-state index in [4.69, 9.17) is 9.84 Å². The molecule has 1 rings (SSSR count). The number of carboxylic acids is 1. The number of carbonyl (C=O) groups is 1. The molecular weight excluding hydrogens is 208 g/mol. The van der Waals surface area contributed by atoms with E-state index in [1.165, 1.54) is 6.20 Å². The largest absolute Gasteiger partial charge is 0.478 e. The molecule has 1 heterocycles. The van der Waals surface area contributed by atoms with Crippen LogP contribution in [0.1, 0.15) is 15.9 Å². The molecule has 0 aliphatic carbocycles. The number of rotatable bonds is 5. The van der Waals surface area contributed by atoms with Crippen molar-refractivity contribution in [2.45, 2.75) is 6.92 Å². The van der Waals surface area contributed by atoms with Gasteiger partial charge in [0.25, 0.3) is 0 Å². The van der Waals surface area contributed by atoms with E-state index >= 15 is 0 Å². The molecule has 16 heavy (non-hydrogen) atoms. The molecule has 0 bridgehead atoms. The SMILES string of the molecule is COCCN(C)c1ncc(C(=O)O)cc1C. The molecule has 0 aliphatic heterocycles. The van der Waals surface area contributed by atoms with E-state index in [0.717, 1.165) is 17.9 Å². The summed E-state index contributed by atoms with van der Waals surface area (Å²) in [6.45, 7) is 3.17. The lowest BCUT2D eigenvalue weighted by Crippen LogP contribution is -2.24. The van der Waals surface area contributed by atoms with Gasteiger partial charge in [-0.3, -0.25) is 0 Å². The van der Waals surface area contributed by atoms with Crippen LogP contribution < -0.4 is 4.90 Å². The smallest absolute Gasteiger partial charge is 0.337 e. The number of ether oxygens (including phenoxy) is 1. The van der Waals surface area contributed by atoms with E-state index in [9.17, 15) is 4.79 Å². The number of anilines is 1. The molecule has 0 fully saturated rings. The normalized spacial score (nSPS) is 10.2. The summed E-state index contributed by atoms with van der Waals surface area (Å²) in [6.07, 6.45) is 1.37. The van der Waals surface area contributed by atoms with Gasteiger partial charge in [0.1, 0.15) is 5.82 Å². The van der Waals surface area contributed by atoms with Crippen LogP contribution in [0.25, 0.3) is 0 Å². The average molecular weight is 224 g/mol. The summed E-state index contributed by atoms with van der Waals surface area (Å²) in [6, 6.07) is 1.62. The maximum Gasteiger partial charge on any atom is 0.337 e. The first-order valence-corrected chi connectivity index (χ1v) is 4.96. The number of aromatic nitrogens is 1. The van der Waals surface area contributed by atoms with Gasteiger partial charge in [-0.1, -0.05) is 0 Å². The summed E-state index contributed by atoms with van der Waals surface area (Å²) in [7, 11) is 3.54. The zero-order chi connectivity index (χ0) is 12.1. The maximum absolute atomic E-state index is 10.7. The fraction of sp³-hybridized carbons (Fsp3) is 0.455. The first kappa shape index (κ1) is 12.4. The molecule has 0 aromatic carbocycles. The van der Waals surface area contributed by atoms with E-state index in [2.05, 4.69) is 4.98 Å². The zero-order valence-electron chi connectivity index (χ0n) is 9.73. The highest BCUT2D eigenvalue weighted by molar-refractivity contribution is 5.87. The Bertz CT molecular complexity index is 379. The molecule has 0 saturated heterocycles. The molecule has 0 saturated carbocycles. The topological polar surface area (TPSA) is 62.7 Å². The van der Waals surface area contributed by atoms with Crippen molar-refractivity contribution >= 4 is 11.8 Å². The lowest BCUT2D eigenvalue weighted by Gasteiger charge is -2.19. The van der Waals surface area contributed by atoms with Gasteiger partial charge in [-0.15, -0.1) is 0 Å². The lowest BCUT2D eigenvalue weighted by molar-refractivity contribution is 0.0696. The van der Waals surface area contributed by atoms with Crippen molar-refractivity contribution in [3.05, 3.63) is 23.4 Å². The quantitative estimate of drug-likeness (QED) is 0.813. The fourth-order valence-corrected chi connectivity index (χ4v) is 1.42. The molecular formula is C11H16N2O3. The summed E-state index contributed by atoms with van der Waals surface area (Å²) < 4.78 is 4.97. The molecule has 1 aromatic rings. The molecule has 5 heteroatoms. The Kier molecular flexibility index (Phi) is 4.25. The predicted molar refractivity (Wildman–Crippen MR) is 61.1 cm³/mol. The van der Waals surface area contributed by atoms with Crippen molar-refractivity contribution in [2.75, 3.05) is 32.2 Å². The zero-order valence-corrected chi connectivity index (χ0v) is 9.73. The van der Waals surface area contributed by atoms with E-state index in [1.807, 2.05) is 18.9 Å². The van der Waals surface area contributed by atoms with Crippen LogP contribution in [0.2, 0.25) is 0 Å². The molecule has 1 N–H and O–H groups in total. The van der Waals surface area contributed by atoms with Gasteiger partial charge in [-0.2, -0.15) is 0 Å². The molecule has 0 spiro atoms. The molecule has 0 amide bonds. The molecule has 0 aliphatic rings. The number of hydrogen-bond donors (Lipinski definition) is 1. The Morgan fingerprint density at radius 3 is 2.81 bits per heavy atom. The first-order valence-electron chi connectivity index (χ1n) is 4.96. The van der Waals surface area contributed by atoms with Crippen LogP contribution in [-0.4, -0.2) is 43.4 Å². The van der Waals surface area contributed by atoms with Gasteiger partial charge in [0.2, 0.25) is 0 Å². The van der Waals surface area contributed by atoms with E-state index in [1.54, 1.807) is 13.2 Å². The van der Waals surface area contributed by atoms with Crippen molar-refractivity contribution in [1.82, 2.24) is 4.98 Å². The highest BCUT2D eigenvalue weighted by atomic mass is 16.5. The number of aromatic carboxylic acids is 1. The molecule has 0 radical (unpaired) electrons. The second kappa shape index (κ2) is 5.46. The molecule has 0 atom stereocenters. The van der Waals surface area contributed by atoms with Crippen LogP contribution in [0.3, 0.4) is 0 Å². The summed E-state index contributed by atoms with van der Waals surface area (Å²) in [4.78, 5) is 16.8. The number of carboxylic acid groups (broad SMARTS) is 1. The van der Waals surface area contributed by atoms with Crippen LogP contribution in [0.4, 0.5) is 5.82 Å². The minimum atomic E-state index is -0.957. The first-order chi connectivity index (χ1) is 7.56. The Morgan fingerprint density at radius 2 is 2.31 bits per heavy atom. The Hall–Kier alpha value is -1.62. The summed E-state index contributed by atoms with van der Waals surface area (Å²) in [5, 5.41) is 8.81. The standard InChI is InChI=1S/C11H16N2O3/c1-8-6-9(11(14)15)7-12-10(8)13(2)4-5-16-3/h6-7H,4-5H2,1-3H3,(H,14,15). The minimum Gasteiger partial charge on any atom is -0.478 e. The predicted octanol–water partition coefficient (Wildman–Crippen LogP) is 1.17. The minimum absolute atomic E-state index is 0.210. The van der Waals surface area contributed by atoms with Gasteiger partial charge in [-0.25, -0.2) is 9.78 Å². The molecule has 1 aromatic heterocycles. The summed E-state index contributed by atoms with van der Waals surface area (Å²) >= 11 is 0. The van der Waals surface area contributed by atoms with Gasteiger partial charge in [0.15, 0.2) is 0 Å². The fourth-order valence-electron chi connectivity index (χ4n) is 1.42. The van der Waals surface area contributed by atoms with Crippen LogP contribution >= 0.6 is 0 Å². The Morgan fingerprint density at radius 1 is 1.62 bits per heavy atom. The van der Waals surface area contributed by atoms with Crippen molar-refractivity contribution in [3.8, 4) is 0 Å². The number of nitrogens with zero attached hydrogens (tertiary/aromatic N) is 2. The van der Waals surface area contributed by atoms with Gasteiger partial charge in [-0.05, 0) is 18.6 Å². The third-order valence-corrected chi connectivity index (χ3v) is 2.29. The number of methoxy groups -OCH3 is 1. The highest BCUT2D eigenvalue weighted by Gasteiger charge is 2.09. The summed E-state index contributed by atoms with van der Waals surface area (Å²) in [5.74, 6) is -0.177. The van der Waals surface area contributed by atoms with Gasteiger partial charge in [0.05, 0.1) is 12.2 Å². The number of pyridine rings is 1. The highest BCUT2D eigenvalue weighted by Crippen LogP contribution is 2.16. The molecule has 0 unspecified atom stereocenters. The number of likely N-dealkylation sites (N-methyl/N-ethyl adjacent to an activating group) is 1. The molecule has 5 nitrogen and oxygen atoms in total. The third kappa shape index (κ3) is 2.93. The summed E-state index contributed by atoms with van der Waals surface area (Å²) in [5.41, 5.74) is 1.06. The number of hydrogen-bond acceptors (Lipinski definition) is 4. The second-order valence-electron chi connectivity index (χ2n) is 3.58. The second-order valence-corrected chi connectivity index (χ2v) is 3.58. The Balaban J connectivity index is 2.85. The van der Waals surface area contributed by atoms with Crippen LogP contribution in [-0.2, 0) is 4.74 Å². The lowest BCUT2D eigenvalue weighted by atomic mass is 10.2. The van der Waals surface area contributed by atoms with Crippen LogP contribution in [0.15, 0.2) is 12.3 Å².